The molecular formula is C17H16Cl2N2O4. The predicted octanol–water partition coefficient (Wildman–Crippen LogP) is 3.97. The molecule has 6 nitrogen and oxygen atoms in total. The minimum absolute atomic E-state index is 0.143. The Hall–Kier alpha value is -2.31. The van der Waals surface area contributed by atoms with Crippen LogP contribution in [0.5, 0.6) is 5.88 Å². The average molecular weight is 383 g/mol. The van der Waals surface area contributed by atoms with Gasteiger partial charge in [-0.15, -0.1) is 0 Å². The van der Waals surface area contributed by atoms with Crippen LogP contribution in [-0.2, 0) is 9.53 Å². The summed E-state index contributed by atoms with van der Waals surface area (Å²) in [5.41, 5.74) is 0.475. The molecule has 8 heteroatoms. The smallest absolute Gasteiger partial charge is 0.344 e. The molecule has 0 fully saturated rings. The number of benzene rings is 1. The lowest BCUT2D eigenvalue weighted by atomic mass is 10.2. The number of halogens is 2. The van der Waals surface area contributed by atoms with Crippen molar-refractivity contribution in [3.8, 4) is 5.88 Å². The maximum absolute atomic E-state index is 12.3. The Kier molecular flexibility index (Phi) is 6.61. The Morgan fingerprint density at radius 2 is 2.00 bits per heavy atom. The van der Waals surface area contributed by atoms with Crippen LogP contribution in [0, 0.1) is 0 Å². The molecule has 0 aliphatic carbocycles. The summed E-state index contributed by atoms with van der Waals surface area (Å²) in [5.74, 6) is -1.10. The minimum atomic E-state index is -1.06. The molecule has 0 aliphatic heterocycles. The van der Waals surface area contributed by atoms with Crippen LogP contribution in [-0.4, -0.2) is 29.6 Å². The van der Waals surface area contributed by atoms with E-state index in [0.29, 0.717) is 17.3 Å². The number of rotatable bonds is 6. The first-order chi connectivity index (χ1) is 11.9. The third kappa shape index (κ3) is 4.84. The van der Waals surface area contributed by atoms with Gasteiger partial charge in [-0.25, -0.2) is 9.78 Å². The molecule has 1 amide bonds. The molecule has 1 aromatic heterocycles. The van der Waals surface area contributed by atoms with E-state index in [1.807, 2.05) is 0 Å². The van der Waals surface area contributed by atoms with Crippen LogP contribution in [0.3, 0.4) is 0 Å². The van der Waals surface area contributed by atoms with Crippen LogP contribution in [0.2, 0.25) is 10.0 Å². The summed E-state index contributed by atoms with van der Waals surface area (Å²) in [6.07, 6.45) is 0.441. The predicted molar refractivity (Wildman–Crippen MR) is 95.4 cm³/mol. The topological polar surface area (TPSA) is 77.5 Å². The summed E-state index contributed by atoms with van der Waals surface area (Å²) >= 11 is 11.9. The number of nitrogens with one attached hydrogen (secondary N) is 1. The first-order valence-corrected chi connectivity index (χ1v) is 8.23. The fourth-order valence-electron chi connectivity index (χ4n) is 1.91. The number of carbonyl (C=O) groups excluding carboxylic acids is 2. The second-order valence-electron chi connectivity index (χ2n) is 4.93. The molecule has 0 saturated heterocycles. The van der Waals surface area contributed by atoms with E-state index in [4.69, 9.17) is 32.7 Å². The van der Waals surface area contributed by atoms with Crippen molar-refractivity contribution in [1.29, 1.82) is 0 Å². The molecule has 0 saturated carbocycles. The largest absolute Gasteiger partial charge is 0.477 e. The van der Waals surface area contributed by atoms with Gasteiger partial charge in [-0.1, -0.05) is 29.3 Å². The number of aromatic nitrogens is 1. The van der Waals surface area contributed by atoms with Crippen molar-refractivity contribution in [2.45, 2.75) is 20.0 Å². The van der Waals surface area contributed by atoms with Crippen LogP contribution in [0.25, 0.3) is 0 Å². The molecule has 132 valence electrons. The third-order valence-electron chi connectivity index (χ3n) is 3.13. The molecule has 25 heavy (non-hydrogen) atoms. The number of nitrogens with zero attached hydrogens (tertiary/aromatic N) is 1. The molecule has 0 spiro atoms. The number of carbonyl (C=O) groups is 2. The SMILES string of the molecule is CCOc1ncccc1C(=O)O[C@H](C)C(=O)Nc1cccc(Cl)c1Cl. The van der Waals surface area contributed by atoms with Crippen molar-refractivity contribution in [2.75, 3.05) is 11.9 Å². The van der Waals surface area contributed by atoms with E-state index in [2.05, 4.69) is 10.3 Å². The first-order valence-electron chi connectivity index (χ1n) is 7.47. The number of pyridine rings is 1. The van der Waals surface area contributed by atoms with E-state index in [0.717, 1.165) is 0 Å². The third-order valence-corrected chi connectivity index (χ3v) is 3.95. The minimum Gasteiger partial charge on any atom is -0.477 e. The van der Waals surface area contributed by atoms with Gasteiger partial charge >= 0.3 is 5.97 Å². The standard InChI is InChI=1S/C17H16Cl2N2O4/c1-3-24-16-11(6-5-9-20-16)17(23)25-10(2)15(22)21-13-8-4-7-12(18)14(13)19/h4-10H,3H2,1-2H3,(H,21,22)/t10-/m1/s1. The maximum Gasteiger partial charge on any atom is 0.344 e. The normalized spacial score (nSPS) is 11.5. The van der Waals surface area contributed by atoms with Gasteiger partial charge in [-0.3, -0.25) is 4.79 Å². The van der Waals surface area contributed by atoms with Crippen LogP contribution in [0.15, 0.2) is 36.5 Å². The van der Waals surface area contributed by atoms with Gasteiger partial charge in [0.15, 0.2) is 6.10 Å². The number of esters is 1. The highest BCUT2D eigenvalue weighted by Gasteiger charge is 2.22. The zero-order chi connectivity index (χ0) is 18.4. The summed E-state index contributed by atoms with van der Waals surface area (Å²) in [6.45, 7) is 3.57. The summed E-state index contributed by atoms with van der Waals surface area (Å²) in [6, 6.07) is 7.93. The summed E-state index contributed by atoms with van der Waals surface area (Å²) < 4.78 is 10.5. The Labute approximate surface area is 155 Å². The number of hydrogen-bond donors (Lipinski definition) is 1. The Balaban J connectivity index is 2.06. The van der Waals surface area contributed by atoms with E-state index in [-0.39, 0.29) is 16.5 Å². The van der Waals surface area contributed by atoms with Crippen molar-refractivity contribution >= 4 is 40.8 Å². The van der Waals surface area contributed by atoms with Crippen molar-refractivity contribution in [1.82, 2.24) is 4.98 Å². The number of hydrogen-bond acceptors (Lipinski definition) is 5. The van der Waals surface area contributed by atoms with Crippen molar-refractivity contribution in [2.24, 2.45) is 0 Å². The van der Waals surface area contributed by atoms with Gasteiger partial charge in [0.1, 0.15) is 5.56 Å². The van der Waals surface area contributed by atoms with Crippen LogP contribution in [0.4, 0.5) is 5.69 Å². The average Bonchev–Trinajstić information content (AvgIpc) is 2.59. The zero-order valence-corrected chi connectivity index (χ0v) is 15.1. The molecule has 1 atom stereocenters. The van der Waals surface area contributed by atoms with Crippen molar-refractivity contribution in [3.63, 3.8) is 0 Å². The molecule has 1 aromatic carbocycles. The fraction of sp³-hybridized carbons (Fsp3) is 0.235. The molecule has 0 radical (unpaired) electrons. The van der Waals surface area contributed by atoms with Crippen LogP contribution < -0.4 is 10.1 Å². The monoisotopic (exact) mass is 382 g/mol. The zero-order valence-electron chi connectivity index (χ0n) is 13.6. The Morgan fingerprint density at radius 1 is 1.24 bits per heavy atom. The second-order valence-corrected chi connectivity index (χ2v) is 5.71. The van der Waals surface area contributed by atoms with Gasteiger partial charge < -0.3 is 14.8 Å². The maximum atomic E-state index is 12.3. The lowest BCUT2D eigenvalue weighted by Crippen LogP contribution is -2.30. The second kappa shape index (κ2) is 8.69. The molecule has 0 bridgehead atoms. The van der Waals surface area contributed by atoms with Gasteiger partial charge in [-0.05, 0) is 38.1 Å². The molecule has 0 aliphatic rings. The van der Waals surface area contributed by atoms with E-state index < -0.39 is 18.0 Å². The highest BCUT2D eigenvalue weighted by molar-refractivity contribution is 6.44. The van der Waals surface area contributed by atoms with Gasteiger partial charge in [0, 0.05) is 6.20 Å². The number of anilines is 1. The Bertz CT molecular complexity index is 783. The molecule has 2 rings (SSSR count). The molecule has 1 heterocycles. The lowest BCUT2D eigenvalue weighted by Gasteiger charge is -2.15. The highest BCUT2D eigenvalue weighted by Crippen LogP contribution is 2.29. The van der Waals surface area contributed by atoms with E-state index >= 15 is 0 Å². The van der Waals surface area contributed by atoms with Gasteiger partial charge in [0.2, 0.25) is 5.88 Å². The highest BCUT2D eigenvalue weighted by atomic mass is 35.5. The molecule has 2 aromatic rings. The molecule has 1 N–H and O–H groups in total. The van der Waals surface area contributed by atoms with Crippen molar-refractivity contribution < 1.29 is 19.1 Å². The van der Waals surface area contributed by atoms with Crippen LogP contribution in [0.1, 0.15) is 24.2 Å². The van der Waals surface area contributed by atoms with E-state index in [1.165, 1.54) is 19.2 Å². The van der Waals surface area contributed by atoms with E-state index in [1.54, 1.807) is 31.2 Å². The lowest BCUT2D eigenvalue weighted by molar-refractivity contribution is -0.123. The van der Waals surface area contributed by atoms with Gasteiger partial charge in [0.25, 0.3) is 5.91 Å². The van der Waals surface area contributed by atoms with Crippen molar-refractivity contribution in [3.05, 3.63) is 52.1 Å². The Morgan fingerprint density at radius 3 is 2.72 bits per heavy atom. The van der Waals surface area contributed by atoms with E-state index in [9.17, 15) is 9.59 Å². The summed E-state index contributed by atoms with van der Waals surface area (Å²) in [7, 11) is 0. The summed E-state index contributed by atoms with van der Waals surface area (Å²) in [5, 5.41) is 3.08. The molecular weight excluding hydrogens is 367 g/mol. The van der Waals surface area contributed by atoms with Gasteiger partial charge in [0.05, 0.1) is 22.3 Å². The van der Waals surface area contributed by atoms with Crippen LogP contribution >= 0.6 is 23.2 Å². The number of ether oxygens (including phenoxy) is 2. The van der Waals surface area contributed by atoms with Gasteiger partial charge in [-0.2, -0.15) is 0 Å². The first kappa shape index (κ1) is 19.0. The summed E-state index contributed by atoms with van der Waals surface area (Å²) in [4.78, 5) is 28.5. The molecule has 0 unspecified atom stereocenters. The fourth-order valence-corrected chi connectivity index (χ4v) is 2.26. The number of amides is 1. The quantitative estimate of drug-likeness (QED) is 0.764.